The Balaban J connectivity index is 2.49. The molecule has 68 valence electrons. The van der Waals surface area contributed by atoms with E-state index < -0.39 is 0 Å². The van der Waals surface area contributed by atoms with Crippen LogP contribution >= 0.6 is 15.9 Å². The van der Waals surface area contributed by atoms with E-state index >= 15 is 0 Å². The third-order valence-corrected chi connectivity index (χ3v) is 2.14. The van der Waals surface area contributed by atoms with E-state index in [1.165, 1.54) is 0 Å². The van der Waals surface area contributed by atoms with E-state index in [-0.39, 0.29) is 6.61 Å². The van der Waals surface area contributed by atoms with Crippen LogP contribution in [0.2, 0.25) is 0 Å². The predicted octanol–water partition coefficient (Wildman–Crippen LogP) is 1.03. The number of fused-ring (bicyclic) bond motifs is 1. The van der Waals surface area contributed by atoms with Crippen molar-refractivity contribution in [2.45, 2.75) is 6.42 Å². The second-order valence-corrected chi connectivity index (χ2v) is 3.49. The molecule has 4 nitrogen and oxygen atoms in total. The number of rotatable bonds is 2. The van der Waals surface area contributed by atoms with Crippen LogP contribution in [-0.2, 0) is 6.42 Å². The molecule has 5 heteroatoms. The first-order chi connectivity index (χ1) is 6.29. The van der Waals surface area contributed by atoms with E-state index in [0.717, 1.165) is 15.9 Å². The van der Waals surface area contributed by atoms with Crippen LogP contribution in [0, 0.1) is 0 Å². The van der Waals surface area contributed by atoms with Crippen molar-refractivity contribution in [1.82, 2.24) is 14.4 Å². The molecule has 0 atom stereocenters. The molecule has 0 amide bonds. The molecule has 0 saturated carbocycles. The number of halogens is 1. The third-order valence-electron chi connectivity index (χ3n) is 1.73. The first-order valence-electron chi connectivity index (χ1n) is 3.89. The van der Waals surface area contributed by atoms with Gasteiger partial charge in [-0.15, -0.1) is 0 Å². The van der Waals surface area contributed by atoms with Crippen LogP contribution in [0.3, 0.4) is 0 Å². The molecule has 0 radical (unpaired) electrons. The smallest absolute Gasteiger partial charge is 0.155 e. The summed E-state index contributed by atoms with van der Waals surface area (Å²) in [5.41, 5.74) is 1.68. The Kier molecular flexibility index (Phi) is 2.28. The van der Waals surface area contributed by atoms with Gasteiger partial charge in [-0.25, -0.2) is 9.97 Å². The van der Waals surface area contributed by atoms with E-state index in [4.69, 9.17) is 5.11 Å². The Morgan fingerprint density at radius 3 is 3.08 bits per heavy atom. The maximum Gasteiger partial charge on any atom is 0.155 e. The highest BCUT2D eigenvalue weighted by Gasteiger charge is 2.01. The van der Waals surface area contributed by atoms with Gasteiger partial charge in [-0.05, 0) is 15.9 Å². The number of aliphatic hydroxyl groups excluding tert-OH is 1. The number of nitrogens with zero attached hydrogens (tertiary/aromatic N) is 3. The summed E-state index contributed by atoms with van der Waals surface area (Å²) in [6, 6.07) is 0. The molecule has 0 saturated heterocycles. The standard InChI is InChI=1S/C8H8BrN3O/c9-7-5-12-4-6(1-2-13)11-8(12)3-10-7/h3-5,13H,1-2H2. The summed E-state index contributed by atoms with van der Waals surface area (Å²) in [6.07, 6.45) is 5.99. The zero-order chi connectivity index (χ0) is 9.26. The summed E-state index contributed by atoms with van der Waals surface area (Å²) in [7, 11) is 0. The molecular formula is C8H8BrN3O. The van der Waals surface area contributed by atoms with Gasteiger partial charge in [0.25, 0.3) is 0 Å². The first-order valence-corrected chi connectivity index (χ1v) is 4.69. The fourth-order valence-electron chi connectivity index (χ4n) is 1.16. The lowest BCUT2D eigenvalue weighted by molar-refractivity contribution is 0.298. The second-order valence-electron chi connectivity index (χ2n) is 2.68. The van der Waals surface area contributed by atoms with Crippen LogP contribution < -0.4 is 0 Å². The minimum Gasteiger partial charge on any atom is -0.396 e. The van der Waals surface area contributed by atoms with Crippen LogP contribution in [0.4, 0.5) is 0 Å². The Bertz CT molecular complexity index is 426. The maximum absolute atomic E-state index is 8.73. The summed E-state index contributed by atoms with van der Waals surface area (Å²) in [5, 5.41) is 8.73. The number of imidazole rings is 1. The van der Waals surface area contributed by atoms with Crippen LogP contribution in [0.1, 0.15) is 5.69 Å². The van der Waals surface area contributed by atoms with Crippen molar-refractivity contribution < 1.29 is 5.11 Å². The van der Waals surface area contributed by atoms with Gasteiger partial charge in [0, 0.05) is 25.4 Å². The van der Waals surface area contributed by atoms with Crippen LogP contribution in [0.25, 0.3) is 5.65 Å². The number of aliphatic hydroxyl groups is 1. The number of hydrogen-bond donors (Lipinski definition) is 1. The number of aromatic nitrogens is 3. The van der Waals surface area contributed by atoms with Gasteiger partial charge in [0.05, 0.1) is 11.9 Å². The normalized spacial score (nSPS) is 10.9. The molecule has 2 aromatic rings. The molecule has 1 N–H and O–H groups in total. The average molecular weight is 242 g/mol. The van der Waals surface area contributed by atoms with Crippen molar-refractivity contribution in [2.24, 2.45) is 0 Å². The lowest BCUT2D eigenvalue weighted by atomic mass is 10.4. The van der Waals surface area contributed by atoms with Crippen molar-refractivity contribution in [3.63, 3.8) is 0 Å². The predicted molar refractivity (Wildman–Crippen MR) is 51.5 cm³/mol. The van der Waals surface area contributed by atoms with Gasteiger partial charge >= 0.3 is 0 Å². The fraction of sp³-hybridized carbons (Fsp3) is 0.250. The SMILES string of the molecule is OCCc1cn2cc(Br)ncc2n1. The lowest BCUT2D eigenvalue weighted by Gasteiger charge is -1.90. The molecule has 0 aliphatic rings. The van der Waals surface area contributed by atoms with Gasteiger partial charge in [0.15, 0.2) is 5.65 Å². The second kappa shape index (κ2) is 3.43. The molecule has 0 aliphatic heterocycles. The van der Waals surface area contributed by atoms with Crippen LogP contribution in [0.15, 0.2) is 23.2 Å². The Labute approximate surface area is 83.4 Å². The maximum atomic E-state index is 8.73. The zero-order valence-electron chi connectivity index (χ0n) is 6.81. The number of hydrogen-bond acceptors (Lipinski definition) is 3. The quantitative estimate of drug-likeness (QED) is 0.855. The largest absolute Gasteiger partial charge is 0.396 e. The highest BCUT2D eigenvalue weighted by molar-refractivity contribution is 9.10. The van der Waals surface area contributed by atoms with E-state index in [9.17, 15) is 0 Å². The molecular weight excluding hydrogens is 234 g/mol. The Morgan fingerprint density at radius 2 is 2.31 bits per heavy atom. The molecule has 13 heavy (non-hydrogen) atoms. The minimum atomic E-state index is 0.123. The molecule has 2 rings (SSSR count). The highest BCUT2D eigenvalue weighted by atomic mass is 79.9. The van der Waals surface area contributed by atoms with Gasteiger partial charge in [0.2, 0.25) is 0 Å². The molecule has 2 aromatic heterocycles. The summed E-state index contributed by atoms with van der Waals surface area (Å²) in [6.45, 7) is 0.123. The van der Waals surface area contributed by atoms with E-state index in [1.807, 2.05) is 16.8 Å². The van der Waals surface area contributed by atoms with E-state index in [1.54, 1.807) is 6.20 Å². The van der Waals surface area contributed by atoms with Gasteiger partial charge in [-0.2, -0.15) is 0 Å². The first kappa shape index (κ1) is 8.65. The monoisotopic (exact) mass is 241 g/mol. The minimum absolute atomic E-state index is 0.123. The van der Waals surface area contributed by atoms with Gasteiger partial charge in [-0.1, -0.05) is 0 Å². The Hall–Kier alpha value is -0.940. The van der Waals surface area contributed by atoms with Crippen LogP contribution in [-0.4, -0.2) is 26.1 Å². The summed E-state index contributed by atoms with van der Waals surface area (Å²) >= 11 is 3.27. The van der Waals surface area contributed by atoms with Crippen molar-refractivity contribution in [3.8, 4) is 0 Å². The third kappa shape index (κ3) is 1.71. The molecule has 0 fully saturated rings. The molecule has 2 heterocycles. The van der Waals surface area contributed by atoms with Crippen molar-refractivity contribution in [3.05, 3.63) is 28.9 Å². The van der Waals surface area contributed by atoms with Crippen LogP contribution in [0.5, 0.6) is 0 Å². The van der Waals surface area contributed by atoms with Gasteiger partial charge < -0.3 is 9.51 Å². The van der Waals surface area contributed by atoms with Gasteiger partial charge in [0.1, 0.15) is 4.60 Å². The fourth-order valence-corrected chi connectivity index (χ4v) is 1.48. The van der Waals surface area contributed by atoms with Crippen molar-refractivity contribution >= 4 is 21.6 Å². The lowest BCUT2D eigenvalue weighted by Crippen LogP contribution is -1.89. The van der Waals surface area contributed by atoms with E-state index in [2.05, 4.69) is 25.9 Å². The summed E-state index contributed by atoms with van der Waals surface area (Å²) in [5.74, 6) is 0. The Morgan fingerprint density at radius 1 is 1.46 bits per heavy atom. The summed E-state index contributed by atoms with van der Waals surface area (Å²) in [4.78, 5) is 8.31. The topological polar surface area (TPSA) is 50.4 Å². The average Bonchev–Trinajstić information content (AvgIpc) is 2.46. The molecule has 0 spiro atoms. The molecule has 0 aliphatic carbocycles. The van der Waals surface area contributed by atoms with Gasteiger partial charge in [-0.3, -0.25) is 0 Å². The molecule has 0 unspecified atom stereocenters. The summed E-state index contributed by atoms with van der Waals surface area (Å²) < 4.78 is 2.65. The highest BCUT2D eigenvalue weighted by Crippen LogP contribution is 2.09. The van der Waals surface area contributed by atoms with Crippen molar-refractivity contribution in [2.75, 3.05) is 6.61 Å². The van der Waals surface area contributed by atoms with E-state index in [0.29, 0.717) is 6.42 Å². The zero-order valence-corrected chi connectivity index (χ0v) is 8.40. The molecule has 0 bridgehead atoms. The van der Waals surface area contributed by atoms with Crippen molar-refractivity contribution in [1.29, 1.82) is 0 Å². The molecule has 0 aromatic carbocycles.